The number of halogens is 2. The first-order valence-electron chi connectivity index (χ1n) is 7.35. The van der Waals surface area contributed by atoms with Crippen LogP contribution in [0, 0.1) is 0 Å². The number of amides is 2. The highest BCUT2D eigenvalue weighted by Gasteiger charge is 2.15. The molecule has 2 amide bonds. The molecule has 0 heterocycles. The minimum atomic E-state index is -0.318. The number of benzene rings is 2. The van der Waals surface area contributed by atoms with Crippen molar-refractivity contribution >= 4 is 40.7 Å². The molecular formula is C18H18Cl2N2O2. The van der Waals surface area contributed by atoms with E-state index in [2.05, 4.69) is 10.6 Å². The van der Waals surface area contributed by atoms with Crippen molar-refractivity contribution in [2.45, 2.75) is 26.3 Å². The normalized spacial score (nSPS) is 11.0. The second-order valence-electron chi connectivity index (χ2n) is 6.36. The van der Waals surface area contributed by atoms with E-state index in [1.54, 1.807) is 42.5 Å². The highest BCUT2D eigenvalue weighted by Crippen LogP contribution is 2.25. The summed E-state index contributed by atoms with van der Waals surface area (Å²) < 4.78 is 0. The van der Waals surface area contributed by atoms with Crippen LogP contribution in [0.5, 0.6) is 0 Å². The summed E-state index contributed by atoms with van der Waals surface area (Å²) in [7, 11) is 0. The van der Waals surface area contributed by atoms with Gasteiger partial charge in [0.1, 0.15) is 0 Å². The number of hydrogen-bond donors (Lipinski definition) is 2. The predicted molar refractivity (Wildman–Crippen MR) is 98.1 cm³/mol. The molecule has 2 aromatic rings. The second kappa shape index (κ2) is 7.24. The molecule has 0 aliphatic heterocycles. The summed E-state index contributed by atoms with van der Waals surface area (Å²) in [4.78, 5) is 24.3. The molecule has 0 fully saturated rings. The maximum Gasteiger partial charge on any atom is 0.255 e. The third-order valence-corrected chi connectivity index (χ3v) is 3.81. The molecule has 2 N–H and O–H groups in total. The van der Waals surface area contributed by atoms with Gasteiger partial charge in [0.05, 0.1) is 10.0 Å². The van der Waals surface area contributed by atoms with Gasteiger partial charge in [0.2, 0.25) is 0 Å². The number of carbonyl (C=O) groups excluding carboxylic acids is 2. The van der Waals surface area contributed by atoms with Crippen molar-refractivity contribution in [3.05, 3.63) is 63.6 Å². The van der Waals surface area contributed by atoms with Crippen LogP contribution < -0.4 is 10.6 Å². The van der Waals surface area contributed by atoms with Crippen LogP contribution in [-0.4, -0.2) is 17.4 Å². The summed E-state index contributed by atoms with van der Waals surface area (Å²) >= 11 is 11.8. The van der Waals surface area contributed by atoms with Gasteiger partial charge in [-0.1, -0.05) is 23.2 Å². The van der Waals surface area contributed by atoms with Gasteiger partial charge in [0, 0.05) is 22.4 Å². The van der Waals surface area contributed by atoms with E-state index in [1.807, 2.05) is 20.8 Å². The number of nitrogens with one attached hydrogen (secondary N) is 2. The lowest BCUT2D eigenvalue weighted by Gasteiger charge is -2.20. The van der Waals surface area contributed by atoms with E-state index in [-0.39, 0.29) is 17.4 Å². The molecule has 0 aliphatic rings. The Balaban J connectivity index is 2.08. The summed E-state index contributed by atoms with van der Waals surface area (Å²) in [5.74, 6) is -0.477. The van der Waals surface area contributed by atoms with Crippen molar-refractivity contribution in [1.29, 1.82) is 0 Å². The number of anilines is 1. The summed E-state index contributed by atoms with van der Waals surface area (Å²) in [5, 5.41) is 6.38. The molecule has 0 spiro atoms. The van der Waals surface area contributed by atoms with E-state index in [1.165, 1.54) is 0 Å². The standard InChI is InChI=1S/C18H18Cl2N2O2/c1-18(2,3)22-17(24)12-6-4-11(5-7-12)16(23)21-13-8-9-14(19)15(20)10-13/h4-10H,1-3H3,(H,21,23)(H,22,24). The van der Waals surface area contributed by atoms with Gasteiger partial charge in [0.25, 0.3) is 11.8 Å². The van der Waals surface area contributed by atoms with Crippen LogP contribution >= 0.6 is 23.2 Å². The van der Waals surface area contributed by atoms with Gasteiger partial charge >= 0.3 is 0 Å². The van der Waals surface area contributed by atoms with Gasteiger partial charge in [0.15, 0.2) is 0 Å². The largest absolute Gasteiger partial charge is 0.347 e. The molecular weight excluding hydrogens is 347 g/mol. The van der Waals surface area contributed by atoms with Crippen LogP contribution in [0.25, 0.3) is 0 Å². The molecule has 0 radical (unpaired) electrons. The number of rotatable bonds is 3. The minimum absolute atomic E-state index is 0.182. The Hall–Kier alpha value is -2.04. The van der Waals surface area contributed by atoms with E-state index in [4.69, 9.17) is 23.2 Å². The highest BCUT2D eigenvalue weighted by atomic mass is 35.5. The Labute approximate surface area is 151 Å². The van der Waals surface area contributed by atoms with Gasteiger partial charge in [-0.25, -0.2) is 0 Å². The Bertz CT molecular complexity index is 766. The smallest absolute Gasteiger partial charge is 0.255 e. The SMILES string of the molecule is CC(C)(C)NC(=O)c1ccc(C(=O)Nc2ccc(Cl)c(Cl)c2)cc1. The molecule has 0 aromatic heterocycles. The fourth-order valence-corrected chi connectivity index (χ4v) is 2.26. The topological polar surface area (TPSA) is 58.2 Å². The molecule has 0 saturated heterocycles. The fourth-order valence-electron chi connectivity index (χ4n) is 1.96. The first-order chi connectivity index (χ1) is 11.2. The predicted octanol–water partition coefficient (Wildman–Crippen LogP) is 4.77. The van der Waals surface area contributed by atoms with E-state index in [0.717, 1.165) is 0 Å². The first kappa shape index (κ1) is 18.3. The van der Waals surface area contributed by atoms with Gasteiger partial charge in [-0.3, -0.25) is 9.59 Å². The lowest BCUT2D eigenvalue weighted by Crippen LogP contribution is -2.40. The van der Waals surface area contributed by atoms with E-state index < -0.39 is 0 Å². The molecule has 24 heavy (non-hydrogen) atoms. The Kier molecular flexibility index (Phi) is 5.52. The average Bonchev–Trinajstić information content (AvgIpc) is 2.49. The van der Waals surface area contributed by atoms with Crippen LogP contribution in [0.1, 0.15) is 41.5 Å². The minimum Gasteiger partial charge on any atom is -0.347 e. The van der Waals surface area contributed by atoms with Crippen LogP contribution in [-0.2, 0) is 0 Å². The van der Waals surface area contributed by atoms with Crippen molar-refractivity contribution in [3.63, 3.8) is 0 Å². The monoisotopic (exact) mass is 364 g/mol. The second-order valence-corrected chi connectivity index (χ2v) is 7.18. The molecule has 2 aromatic carbocycles. The molecule has 0 aliphatic carbocycles. The average molecular weight is 365 g/mol. The zero-order valence-electron chi connectivity index (χ0n) is 13.6. The lowest BCUT2D eigenvalue weighted by atomic mass is 10.1. The molecule has 6 heteroatoms. The number of carbonyl (C=O) groups is 2. The lowest BCUT2D eigenvalue weighted by molar-refractivity contribution is 0.0918. The van der Waals surface area contributed by atoms with Crippen LogP contribution in [0.15, 0.2) is 42.5 Å². The molecule has 126 valence electrons. The third kappa shape index (κ3) is 4.98. The Morgan fingerprint density at radius 3 is 1.88 bits per heavy atom. The van der Waals surface area contributed by atoms with Crippen molar-refractivity contribution in [2.24, 2.45) is 0 Å². The summed E-state index contributed by atoms with van der Waals surface area (Å²) in [6.45, 7) is 5.72. The summed E-state index contributed by atoms with van der Waals surface area (Å²) in [6, 6.07) is 11.3. The van der Waals surface area contributed by atoms with Crippen molar-refractivity contribution < 1.29 is 9.59 Å². The molecule has 4 nitrogen and oxygen atoms in total. The molecule has 0 saturated carbocycles. The van der Waals surface area contributed by atoms with E-state index >= 15 is 0 Å². The van der Waals surface area contributed by atoms with Crippen molar-refractivity contribution in [3.8, 4) is 0 Å². The molecule has 2 rings (SSSR count). The molecule has 0 bridgehead atoms. The molecule has 0 atom stereocenters. The highest BCUT2D eigenvalue weighted by molar-refractivity contribution is 6.42. The third-order valence-electron chi connectivity index (χ3n) is 3.08. The van der Waals surface area contributed by atoms with E-state index in [9.17, 15) is 9.59 Å². The van der Waals surface area contributed by atoms with Gasteiger partial charge in [-0.15, -0.1) is 0 Å². The molecule has 0 unspecified atom stereocenters. The quantitative estimate of drug-likeness (QED) is 0.823. The van der Waals surface area contributed by atoms with Gasteiger partial charge in [-0.2, -0.15) is 0 Å². The Morgan fingerprint density at radius 2 is 1.38 bits per heavy atom. The van der Waals surface area contributed by atoms with Crippen LogP contribution in [0.3, 0.4) is 0 Å². The van der Waals surface area contributed by atoms with Crippen LogP contribution in [0.4, 0.5) is 5.69 Å². The zero-order valence-corrected chi connectivity index (χ0v) is 15.1. The Morgan fingerprint density at radius 1 is 0.833 bits per heavy atom. The van der Waals surface area contributed by atoms with Crippen LogP contribution in [0.2, 0.25) is 10.0 Å². The fraction of sp³-hybridized carbons (Fsp3) is 0.222. The summed E-state index contributed by atoms with van der Waals surface area (Å²) in [6.07, 6.45) is 0. The van der Waals surface area contributed by atoms with E-state index in [0.29, 0.717) is 26.9 Å². The van der Waals surface area contributed by atoms with Gasteiger partial charge < -0.3 is 10.6 Å². The maximum atomic E-state index is 12.2. The first-order valence-corrected chi connectivity index (χ1v) is 8.10. The van der Waals surface area contributed by atoms with Gasteiger partial charge in [-0.05, 0) is 63.2 Å². The number of hydrogen-bond acceptors (Lipinski definition) is 2. The maximum absolute atomic E-state index is 12.2. The summed E-state index contributed by atoms with van der Waals surface area (Å²) in [5.41, 5.74) is 1.16. The van der Waals surface area contributed by atoms with Crippen molar-refractivity contribution in [2.75, 3.05) is 5.32 Å². The van der Waals surface area contributed by atoms with Crippen molar-refractivity contribution in [1.82, 2.24) is 5.32 Å². The zero-order chi connectivity index (χ0) is 17.9.